The first-order chi connectivity index (χ1) is 21.3. The van der Waals surface area contributed by atoms with Gasteiger partial charge in [-0.15, -0.1) is 0 Å². The molecule has 0 spiro atoms. The Kier molecular flexibility index (Phi) is 12.4. The van der Waals surface area contributed by atoms with Crippen LogP contribution in [0.5, 0.6) is 0 Å². The number of carbonyl (C=O) groups is 4. The number of rotatable bonds is 10. The van der Waals surface area contributed by atoms with Gasteiger partial charge in [-0.05, 0) is 54.3 Å². The highest BCUT2D eigenvalue weighted by Gasteiger charge is 2.39. The number of primary amides is 2. The molecule has 2 unspecified atom stereocenters. The lowest BCUT2D eigenvalue weighted by Gasteiger charge is -2.18. The Balaban J connectivity index is 0.000000259. The molecule has 16 heteroatoms. The van der Waals surface area contributed by atoms with Crippen LogP contribution in [0.15, 0.2) is 36.4 Å². The number of hydrogen-bond acceptors (Lipinski definition) is 4. The second kappa shape index (κ2) is 15.4. The molecule has 0 bridgehead atoms. The maximum atomic E-state index is 12.9. The highest BCUT2D eigenvalue weighted by Crippen LogP contribution is 2.39. The fraction of sp³-hybridized carbons (Fsp3) is 0.467. The molecule has 4 N–H and O–H groups in total. The molecule has 4 amide bonds. The minimum atomic E-state index is -4.93. The van der Waals surface area contributed by atoms with Gasteiger partial charge in [-0.25, -0.2) is 0 Å². The van der Waals surface area contributed by atoms with E-state index >= 15 is 0 Å². The number of halogens is 8. The summed E-state index contributed by atoms with van der Waals surface area (Å²) >= 11 is 11.9. The molecule has 0 aromatic heterocycles. The summed E-state index contributed by atoms with van der Waals surface area (Å²) in [7, 11) is 0. The molecule has 8 nitrogen and oxygen atoms in total. The van der Waals surface area contributed by atoms with Crippen LogP contribution < -0.4 is 11.5 Å². The first-order valence-electron chi connectivity index (χ1n) is 14.2. The zero-order valence-electron chi connectivity index (χ0n) is 24.4. The Hall–Kier alpha value is -3.52. The molecule has 2 atom stereocenters. The average molecular weight is 698 g/mol. The largest absolute Gasteiger partial charge is 0.416 e. The number of likely N-dealkylation sites (tertiary alicyclic amines) is 2. The lowest BCUT2D eigenvalue weighted by atomic mass is 9.94. The molecule has 2 aromatic rings. The summed E-state index contributed by atoms with van der Waals surface area (Å²) in [4.78, 5) is 48.4. The van der Waals surface area contributed by atoms with E-state index in [9.17, 15) is 45.5 Å². The lowest BCUT2D eigenvalue weighted by molar-refractivity contribution is -0.143. The van der Waals surface area contributed by atoms with Crippen LogP contribution in [0.4, 0.5) is 26.3 Å². The maximum Gasteiger partial charge on any atom is 0.416 e. The van der Waals surface area contributed by atoms with Gasteiger partial charge in [0.05, 0.1) is 21.2 Å². The Bertz CT molecular complexity index is 1420. The van der Waals surface area contributed by atoms with Gasteiger partial charge in [0.2, 0.25) is 23.6 Å². The van der Waals surface area contributed by atoms with Crippen LogP contribution >= 0.6 is 23.2 Å². The molecular weight excluding hydrogens is 665 g/mol. The molecule has 2 aliphatic heterocycles. The third-order valence-electron chi connectivity index (χ3n) is 7.63. The summed E-state index contributed by atoms with van der Waals surface area (Å²) in [5.41, 5.74) is 8.12. The van der Waals surface area contributed by atoms with E-state index < -0.39 is 35.3 Å². The molecule has 2 heterocycles. The molecule has 0 aliphatic carbocycles. The van der Waals surface area contributed by atoms with E-state index in [-0.39, 0.29) is 67.6 Å². The minimum absolute atomic E-state index is 0.00377. The first-order valence-corrected chi connectivity index (χ1v) is 15.0. The number of carbonyl (C=O) groups excluding carboxylic acids is 4. The van der Waals surface area contributed by atoms with Crippen molar-refractivity contribution in [2.45, 2.75) is 62.7 Å². The molecule has 46 heavy (non-hydrogen) atoms. The molecular formula is C30H32Cl2F6N4O4. The third kappa shape index (κ3) is 10.5. The Labute approximate surface area is 270 Å². The van der Waals surface area contributed by atoms with Crippen LogP contribution in [0.25, 0.3) is 0 Å². The van der Waals surface area contributed by atoms with Gasteiger partial charge in [0, 0.05) is 63.7 Å². The van der Waals surface area contributed by atoms with Gasteiger partial charge in [0.25, 0.3) is 0 Å². The van der Waals surface area contributed by atoms with Crippen molar-refractivity contribution in [3.05, 3.63) is 68.7 Å². The maximum absolute atomic E-state index is 12.9. The lowest BCUT2D eigenvalue weighted by Crippen LogP contribution is -2.27. The molecule has 0 saturated carbocycles. The summed E-state index contributed by atoms with van der Waals surface area (Å²) in [5, 5.41) is 1.02. The molecule has 2 aliphatic rings. The smallest absolute Gasteiger partial charge is 0.370 e. The van der Waals surface area contributed by atoms with Crippen molar-refractivity contribution in [2.24, 2.45) is 11.5 Å². The van der Waals surface area contributed by atoms with E-state index in [0.717, 1.165) is 5.56 Å². The van der Waals surface area contributed by atoms with Crippen molar-refractivity contribution in [3.63, 3.8) is 0 Å². The van der Waals surface area contributed by atoms with Crippen LogP contribution in [0.1, 0.15) is 72.6 Å². The number of nitrogens with zero attached hydrogens (tertiary/aromatic N) is 2. The van der Waals surface area contributed by atoms with E-state index in [1.807, 2.05) is 12.1 Å². The number of benzene rings is 2. The van der Waals surface area contributed by atoms with Crippen LogP contribution in [0, 0.1) is 0 Å². The second-order valence-corrected chi connectivity index (χ2v) is 11.9. The fourth-order valence-electron chi connectivity index (χ4n) is 5.29. The standard InChI is InChI=1S/C16H16F6N2O2.C14H16Cl2N2O2/c17-15(18,19)11-4-9(5-12(7-11)16(20,21)22)10-6-14(26)24(8-10)3-1-2-13(23)25;15-11-4-3-9(6-12(11)16)10-7-14(20)18(8-10)5-1-2-13(17)19/h4-5,7,10H,1-3,6,8H2,(H2,23,25);3-4,6,10H,1-2,5,7-8H2,(H2,17,19). The quantitative estimate of drug-likeness (QED) is 0.301. The van der Waals surface area contributed by atoms with Crippen molar-refractivity contribution in [1.29, 1.82) is 0 Å². The SMILES string of the molecule is NC(=O)CCCN1CC(c2cc(C(F)(F)F)cc(C(F)(F)F)c2)CC1=O.NC(=O)CCCN1CC(c2ccc(Cl)c(Cl)c2)CC1=O. The highest BCUT2D eigenvalue weighted by atomic mass is 35.5. The Morgan fingerprint density at radius 2 is 1.13 bits per heavy atom. The van der Waals surface area contributed by atoms with Crippen LogP contribution in [-0.4, -0.2) is 59.6 Å². The summed E-state index contributed by atoms with van der Waals surface area (Å²) < 4.78 is 77.6. The summed E-state index contributed by atoms with van der Waals surface area (Å²) in [6.45, 7) is 1.38. The van der Waals surface area contributed by atoms with E-state index in [1.54, 1.807) is 11.0 Å². The highest BCUT2D eigenvalue weighted by molar-refractivity contribution is 6.42. The van der Waals surface area contributed by atoms with Crippen LogP contribution in [-0.2, 0) is 31.5 Å². The van der Waals surface area contributed by atoms with Gasteiger partial charge in [-0.2, -0.15) is 26.3 Å². The minimum Gasteiger partial charge on any atom is -0.370 e. The molecule has 252 valence electrons. The normalized spacial score (nSPS) is 18.5. The van der Waals surface area contributed by atoms with Gasteiger partial charge in [-0.1, -0.05) is 29.3 Å². The van der Waals surface area contributed by atoms with Crippen molar-refractivity contribution in [2.75, 3.05) is 26.2 Å². The average Bonchev–Trinajstić information content (AvgIpc) is 3.51. The first kappa shape index (κ1) is 36.9. The number of alkyl halides is 6. The third-order valence-corrected chi connectivity index (χ3v) is 8.37. The monoisotopic (exact) mass is 696 g/mol. The zero-order valence-corrected chi connectivity index (χ0v) is 25.9. The van der Waals surface area contributed by atoms with Crippen LogP contribution in [0.2, 0.25) is 10.0 Å². The Morgan fingerprint density at radius 3 is 1.52 bits per heavy atom. The summed E-state index contributed by atoms with van der Waals surface area (Å²) in [6, 6.07) is 6.83. The summed E-state index contributed by atoms with van der Waals surface area (Å²) in [5.74, 6) is -1.82. The molecule has 4 rings (SSSR count). The molecule has 2 fully saturated rings. The number of hydrogen-bond donors (Lipinski definition) is 2. The van der Waals surface area contributed by atoms with E-state index in [4.69, 9.17) is 34.7 Å². The van der Waals surface area contributed by atoms with E-state index in [0.29, 0.717) is 54.5 Å². The van der Waals surface area contributed by atoms with E-state index in [1.165, 1.54) is 4.90 Å². The zero-order chi connectivity index (χ0) is 34.4. The van der Waals surface area contributed by atoms with Crippen molar-refractivity contribution < 1.29 is 45.5 Å². The molecule has 0 radical (unpaired) electrons. The molecule has 2 aromatic carbocycles. The van der Waals surface area contributed by atoms with E-state index in [2.05, 4.69) is 0 Å². The Morgan fingerprint density at radius 1 is 0.696 bits per heavy atom. The number of amides is 4. The number of nitrogens with two attached hydrogens (primary N) is 2. The van der Waals surface area contributed by atoms with Gasteiger partial charge in [0.15, 0.2) is 0 Å². The predicted molar refractivity (Wildman–Crippen MR) is 158 cm³/mol. The van der Waals surface area contributed by atoms with Gasteiger partial charge < -0.3 is 21.3 Å². The predicted octanol–water partition coefficient (Wildman–Crippen LogP) is 5.88. The van der Waals surface area contributed by atoms with Crippen molar-refractivity contribution in [3.8, 4) is 0 Å². The van der Waals surface area contributed by atoms with Gasteiger partial charge in [0.1, 0.15) is 0 Å². The van der Waals surface area contributed by atoms with Crippen molar-refractivity contribution >= 4 is 46.8 Å². The van der Waals surface area contributed by atoms with Crippen LogP contribution in [0.3, 0.4) is 0 Å². The van der Waals surface area contributed by atoms with Gasteiger partial charge in [-0.3, -0.25) is 19.2 Å². The summed E-state index contributed by atoms with van der Waals surface area (Å²) in [6.07, 6.45) is -8.35. The topological polar surface area (TPSA) is 127 Å². The second-order valence-electron chi connectivity index (χ2n) is 11.1. The fourth-order valence-corrected chi connectivity index (χ4v) is 5.60. The van der Waals surface area contributed by atoms with Crippen molar-refractivity contribution in [1.82, 2.24) is 9.80 Å². The molecule has 2 saturated heterocycles. The van der Waals surface area contributed by atoms with Gasteiger partial charge >= 0.3 is 12.4 Å².